The van der Waals surface area contributed by atoms with Gasteiger partial charge in [0.05, 0.1) is 6.10 Å². The van der Waals surface area contributed by atoms with Crippen molar-refractivity contribution in [3.63, 3.8) is 0 Å². The molecule has 6 heteroatoms. The first-order valence-corrected chi connectivity index (χ1v) is 7.59. The number of primary amides is 1. The minimum Gasteiger partial charge on any atom is -0.484 e. The van der Waals surface area contributed by atoms with Gasteiger partial charge in [0, 0.05) is 26.3 Å². The minimum atomic E-state index is -0.517. The molecular formula is C17H22N2O4. The molecule has 0 saturated carbocycles. The van der Waals surface area contributed by atoms with Crippen molar-refractivity contribution in [2.24, 2.45) is 5.73 Å². The van der Waals surface area contributed by atoms with Gasteiger partial charge in [0.1, 0.15) is 5.75 Å². The van der Waals surface area contributed by atoms with Crippen molar-refractivity contribution in [2.45, 2.75) is 18.9 Å². The van der Waals surface area contributed by atoms with E-state index in [2.05, 4.69) is 0 Å². The molecule has 23 heavy (non-hydrogen) atoms. The summed E-state index contributed by atoms with van der Waals surface area (Å²) in [4.78, 5) is 24.6. The molecule has 2 amide bonds. The molecule has 1 aromatic rings. The molecule has 124 valence electrons. The van der Waals surface area contributed by atoms with E-state index in [9.17, 15) is 9.59 Å². The first kappa shape index (κ1) is 17.0. The Hall–Kier alpha value is -2.34. The van der Waals surface area contributed by atoms with E-state index in [1.807, 2.05) is 17.0 Å². The average Bonchev–Trinajstić information content (AvgIpc) is 2.58. The number of benzene rings is 1. The number of nitrogens with zero attached hydrogens (tertiary/aromatic N) is 1. The maximum absolute atomic E-state index is 12.1. The lowest BCUT2D eigenvalue weighted by atomic mass is 10.1. The fraction of sp³-hybridized carbons (Fsp3) is 0.412. The second kappa shape index (κ2) is 8.33. The zero-order chi connectivity index (χ0) is 16.7. The van der Waals surface area contributed by atoms with Crippen LogP contribution >= 0.6 is 0 Å². The van der Waals surface area contributed by atoms with Crippen LogP contribution < -0.4 is 10.5 Å². The Morgan fingerprint density at radius 2 is 1.91 bits per heavy atom. The first-order valence-electron chi connectivity index (χ1n) is 7.59. The fourth-order valence-corrected chi connectivity index (χ4v) is 2.41. The molecule has 1 aliphatic rings. The third-order valence-electron chi connectivity index (χ3n) is 3.77. The molecule has 1 aliphatic heterocycles. The molecule has 1 aromatic carbocycles. The van der Waals surface area contributed by atoms with Crippen LogP contribution in [0.1, 0.15) is 18.4 Å². The van der Waals surface area contributed by atoms with E-state index in [1.54, 1.807) is 31.4 Å². The Morgan fingerprint density at radius 3 is 2.48 bits per heavy atom. The van der Waals surface area contributed by atoms with Crippen LogP contribution in [0.5, 0.6) is 5.75 Å². The van der Waals surface area contributed by atoms with Crippen molar-refractivity contribution in [3.05, 3.63) is 35.9 Å². The van der Waals surface area contributed by atoms with E-state index in [1.165, 1.54) is 0 Å². The predicted octanol–water partition coefficient (Wildman–Crippen LogP) is 1.20. The van der Waals surface area contributed by atoms with Gasteiger partial charge in [0.2, 0.25) is 5.91 Å². The van der Waals surface area contributed by atoms with Gasteiger partial charge >= 0.3 is 0 Å². The Bertz CT molecular complexity index is 560. The van der Waals surface area contributed by atoms with Gasteiger partial charge in [0.15, 0.2) is 6.61 Å². The lowest BCUT2D eigenvalue weighted by Crippen LogP contribution is -2.39. The topological polar surface area (TPSA) is 81.9 Å². The predicted molar refractivity (Wildman–Crippen MR) is 86.8 cm³/mol. The van der Waals surface area contributed by atoms with Crippen LogP contribution in [0, 0.1) is 0 Å². The zero-order valence-electron chi connectivity index (χ0n) is 13.2. The molecule has 0 aromatic heterocycles. The van der Waals surface area contributed by atoms with E-state index in [-0.39, 0.29) is 18.6 Å². The van der Waals surface area contributed by atoms with Gasteiger partial charge in [-0.15, -0.1) is 0 Å². The van der Waals surface area contributed by atoms with Crippen LogP contribution in [-0.4, -0.2) is 49.6 Å². The molecule has 2 N–H and O–H groups in total. The number of carbonyl (C=O) groups excluding carboxylic acids is 2. The maximum atomic E-state index is 12.1. The molecule has 0 bridgehead atoms. The minimum absolute atomic E-state index is 0.00797. The average molecular weight is 318 g/mol. The lowest BCUT2D eigenvalue weighted by Gasteiger charge is -2.30. The molecule has 0 radical (unpaired) electrons. The van der Waals surface area contributed by atoms with Crippen molar-refractivity contribution >= 4 is 17.9 Å². The van der Waals surface area contributed by atoms with Gasteiger partial charge in [-0.2, -0.15) is 0 Å². The number of methoxy groups -OCH3 is 1. The number of piperidine rings is 1. The summed E-state index contributed by atoms with van der Waals surface area (Å²) in [5.41, 5.74) is 5.90. The molecule has 1 fully saturated rings. The highest BCUT2D eigenvalue weighted by Gasteiger charge is 2.20. The second-order valence-corrected chi connectivity index (χ2v) is 5.42. The number of hydrogen-bond acceptors (Lipinski definition) is 4. The summed E-state index contributed by atoms with van der Waals surface area (Å²) in [5.74, 6) is 0.0549. The quantitative estimate of drug-likeness (QED) is 0.799. The van der Waals surface area contributed by atoms with Crippen molar-refractivity contribution in [1.29, 1.82) is 0 Å². The summed E-state index contributed by atoms with van der Waals surface area (Å²) in [7, 11) is 1.71. The van der Waals surface area contributed by atoms with Gasteiger partial charge in [-0.05, 0) is 36.6 Å². The Morgan fingerprint density at radius 1 is 1.26 bits per heavy atom. The fourth-order valence-electron chi connectivity index (χ4n) is 2.41. The largest absolute Gasteiger partial charge is 0.484 e. The summed E-state index contributed by atoms with van der Waals surface area (Å²) in [6.07, 6.45) is 5.36. The van der Waals surface area contributed by atoms with E-state index in [4.69, 9.17) is 15.2 Å². The highest BCUT2D eigenvalue weighted by atomic mass is 16.5. The number of ether oxygens (including phenoxy) is 2. The summed E-state index contributed by atoms with van der Waals surface area (Å²) >= 11 is 0. The van der Waals surface area contributed by atoms with Gasteiger partial charge in [0.25, 0.3) is 5.91 Å². The smallest absolute Gasteiger partial charge is 0.255 e. The molecule has 0 aliphatic carbocycles. The molecule has 0 spiro atoms. The molecule has 0 unspecified atom stereocenters. The SMILES string of the molecule is COC1CCN(C(=O)C=Cc2ccc(OCC(N)=O)cc2)CC1. The van der Waals surface area contributed by atoms with Crippen LogP contribution in [0.25, 0.3) is 6.08 Å². The first-order chi connectivity index (χ1) is 11.1. The second-order valence-electron chi connectivity index (χ2n) is 5.42. The van der Waals surface area contributed by atoms with Gasteiger partial charge in [-0.25, -0.2) is 0 Å². The third kappa shape index (κ3) is 5.41. The molecule has 1 heterocycles. The standard InChI is InChI=1S/C17H22N2O4/c1-22-14-8-10-19(11-9-14)17(21)7-4-13-2-5-15(6-3-13)23-12-16(18)20/h2-7,14H,8-12H2,1H3,(H2,18,20). The number of nitrogens with two attached hydrogens (primary N) is 1. The molecule has 0 atom stereocenters. The van der Waals surface area contributed by atoms with Crippen molar-refractivity contribution in [1.82, 2.24) is 4.90 Å². The van der Waals surface area contributed by atoms with Gasteiger partial charge in [-0.1, -0.05) is 12.1 Å². The summed E-state index contributed by atoms with van der Waals surface area (Å²) in [6, 6.07) is 7.10. The Balaban J connectivity index is 1.85. The number of amides is 2. The van der Waals surface area contributed by atoms with E-state index >= 15 is 0 Å². The third-order valence-corrected chi connectivity index (χ3v) is 3.77. The van der Waals surface area contributed by atoms with E-state index < -0.39 is 5.91 Å². The summed E-state index contributed by atoms with van der Waals surface area (Å²) < 4.78 is 10.5. The van der Waals surface area contributed by atoms with Crippen molar-refractivity contribution in [3.8, 4) is 5.75 Å². The van der Waals surface area contributed by atoms with Crippen LogP contribution in [-0.2, 0) is 14.3 Å². The number of likely N-dealkylation sites (tertiary alicyclic amines) is 1. The van der Waals surface area contributed by atoms with E-state index in [0.29, 0.717) is 5.75 Å². The number of rotatable bonds is 6. The normalized spacial score (nSPS) is 15.8. The molecule has 2 rings (SSSR count). The molecular weight excluding hydrogens is 296 g/mol. The van der Waals surface area contributed by atoms with Crippen LogP contribution in [0.4, 0.5) is 0 Å². The van der Waals surface area contributed by atoms with Gasteiger partial charge < -0.3 is 20.1 Å². The lowest BCUT2D eigenvalue weighted by molar-refractivity contribution is -0.128. The van der Waals surface area contributed by atoms with E-state index in [0.717, 1.165) is 31.5 Å². The van der Waals surface area contributed by atoms with Crippen LogP contribution in [0.15, 0.2) is 30.3 Å². The Kier molecular flexibility index (Phi) is 6.17. The van der Waals surface area contributed by atoms with Crippen molar-refractivity contribution < 1.29 is 19.1 Å². The highest BCUT2D eigenvalue weighted by Crippen LogP contribution is 2.15. The monoisotopic (exact) mass is 318 g/mol. The van der Waals surface area contributed by atoms with Crippen LogP contribution in [0.2, 0.25) is 0 Å². The maximum Gasteiger partial charge on any atom is 0.255 e. The number of carbonyl (C=O) groups is 2. The summed E-state index contributed by atoms with van der Waals surface area (Å²) in [5, 5.41) is 0. The highest BCUT2D eigenvalue weighted by molar-refractivity contribution is 5.91. The zero-order valence-corrected chi connectivity index (χ0v) is 13.2. The Labute approximate surface area is 135 Å². The van der Waals surface area contributed by atoms with Gasteiger partial charge in [-0.3, -0.25) is 9.59 Å². The summed E-state index contributed by atoms with van der Waals surface area (Å²) in [6.45, 7) is 1.30. The number of hydrogen-bond donors (Lipinski definition) is 1. The van der Waals surface area contributed by atoms with Crippen LogP contribution in [0.3, 0.4) is 0 Å². The molecule has 1 saturated heterocycles. The van der Waals surface area contributed by atoms with Crippen molar-refractivity contribution in [2.75, 3.05) is 26.8 Å². The molecule has 6 nitrogen and oxygen atoms in total.